The number of nitrogens with zero attached hydrogens (tertiary/aromatic N) is 1. The molecular weight excluding hydrogens is 210 g/mol. The standard InChI is InChI=1S/C15H25NO/c1-13(2)16(10-11-17-14(3)4)12-15-8-6-5-7-9-15/h5-9,13-14H,10-12H2,1-4H3. The van der Waals surface area contributed by atoms with Crippen LogP contribution in [0, 0.1) is 0 Å². The molecule has 2 heteroatoms. The molecule has 0 aliphatic heterocycles. The first-order chi connectivity index (χ1) is 8.09. The fourth-order valence-electron chi connectivity index (χ4n) is 1.74. The van der Waals surface area contributed by atoms with Crippen molar-refractivity contribution in [2.24, 2.45) is 0 Å². The third-order valence-electron chi connectivity index (χ3n) is 2.79. The third kappa shape index (κ3) is 5.85. The van der Waals surface area contributed by atoms with Gasteiger partial charge in [0.25, 0.3) is 0 Å². The molecule has 0 bridgehead atoms. The van der Waals surface area contributed by atoms with Crippen molar-refractivity contribution >= 4 is 0 Å². The summed E-state index contributed by atoms with van der Waals surface area (Å²) in [5.41, 5.74) is 1.37. The Kier molecular flexibility index (Phi) is 6.23. The van der Waals surface area contributed by atoms with Crippen LogP contribution in [-0.4, -0.2) is 30.2 Å². The van der Waals surface area contributed by atoms with Gasteiger partial charge in [0.15, 0.2) is 0 Å². The summed E-state index contributed by atoms with van der Waals surface area (Å²) in [6, 6.07) is 11.2. The van der Waals surface area contributed by atoms with E-state index in [-0.39, 0.29) is 0 Å². The largest absolute Gasteiger partial charge is 0.377 e. The topological polar surface area (TPSA) is 12.5 Å². The molecule has 0 heterocycles. The summed E-state index contributed by atoms with van der Waals surface area (Å²) in [5, 5.41) is 0. The molecule has 1 aromatic carbocycles. The van der Waals surface area contributed by atoms with Gasteiger partial charge in [-0.05, 0) is 33.3 Å². The van der Waals surface area contributed by atoms with Gasteiger partial charge in [0.2, 0.25) is 0 Å². The zero-order valence-corrected chi connectivity index (χ0v) is 11.5. The van der Waals surface area contributed by atoms with Crippen molar-refractivity contribution in [3.05, 3.63) is 35.9 Å². The Morgan fingerprint density at radius 1 is 1.06 bits per heavy atom. The summed E-state index contributed by atoms with van der Waals surface area (Å²) in [6.45, 7) is 11.4. The average molecular weight is 235 g/mol. The second-order valence-electron chi connectivity index (χ2n) is 4.97. The Bertz CT molecular complexity index is 295. The molecular formula is C15H25NO. The summed E-state index contributed by atoms with van der Waals surface area (Å²) < 4.78 is 5.62. The van der Waals surface area contributed by atoms with Gasteiger partial charge < -0.3 is 4.74 Å². The minimum atomic E-state index is 0.320. The lowest BCUT2D eigenvalue weighted by Gasteiger charge is -2.26. The molecule has 0 aliphatic rings. The van der Waals surface area contributed by atoms with Gasteiger partial charge in [-0.3, -0.25) is 4.90 Å². The number of rotatable bonds is 7. The Morgan fingerprint density at radius 3 is 2.24 bits per heavy atom. The number of benzene rings is 1. The second-order valence-corrected chi connectivity index (χ2v) is 4.97. The SMILES string of the molecule is CC(C)OCCN(Cc1ccccc1)C(C)C. The normalized spacial score (nSPS) is 11.7. The summed E-state index contributed by atoms with van der Waals surface area (Å²) in [6.07, 6.45) is 0.320. The summed E-state index contributed by atoms with van der Waals surface area (Å²) in [4.78, 5) is 2.44. The van der Waals surface area contributed by atoms with E-state index in [1.807, 2.05) is 0 Å². The zero-order valence-electron chi connectivity index (χ0n) is 11.5. The highest BCUT2D eigenvalue weighted by Gasteiger charge is 2.09. The summed E-state index contributed by atoms with van der Waals surface area (Å²) in [7, 11) is 0. The van der Waals surface area contributed by atoms with Crippen LogP contribution >= 0.6 is 0 Å². The van der Waals surface area contributed by atoms with Crippen LogP contribution < -0.4 is 0 Å². The van der Waals surface area contributed by atoms with Crippen LogP contribution in [0.1, 0.15) is 33.3 Å². The molecule has 96 valence electrons. The van der Waals surface area contributed by atoms with Gasteiger partial charge in [0.1, 0.15) is 0 Å². The number of hydrogen-bond acceptors (Lipinski definition) is 2. The monoisotopic (exact) mass is 235 g/mol. The van der Waals surface area contributed by atoms with Crippen LogP contribution in [-0.2, 0) is 11.3 Å². The zero-order chi connectivity index (χ0) is 12.7. The highest BCUT2D eigenvalue weighted by molar-refractivity contribution is 5.14. The van der Waals surface area contributed by atoms with Crippen LogP contribution in [0.15, 0.2) is 30.3 Å². The van der Waals surface area contributed by atoms with E-state index in [0.29, 0.717) is 12.1 Å². The first-order valence-corrected chi connectivity index (χ1v) is 6.49. The van der Waals surface area contributed by atoms with E-state index in [1.165, 1.54) is 5.56 Å². The van der Waals surface area contributed by atoms with Crippen molar-refractivity contribution in [3.8, 4) is 0 Å². The molecule has 0 saturated carbocycles. The lowest BCUT2D eigenvalue weighted by atomic mass is 10.2. The van der Waals surface area contributed by atoms with Crippen molar-refractivity contribution in [2.45, 2.75) is 46.4 Å². The quantitative estimate of drug-likeness (QED) is 0.719. The molecule has 17 heavy (non-hydrogen) atoms. The highest BCUT2D eigenvalue weighted by Crippen LogP contribution is 2.07. The van der Waals surface area contributed by atoms with Crippen LogP contribution in [0.5, 0.6) is 0 Å². The van der Waals surface area contributed by atoms with E-state index in [4.69, 9.17) is 4.74 Å². The maximum Gasteiger partial charge on any atom is 0.0597 e. The predicted molar refractivity (Wildman–Crippen MR) is 73.1 cm³/mol. The van der Waals surface area contributed by atoms with Crippen LogP contribution in [0.4, 0.5) is 0 Å². The molecule has 1 aromatic rings. The number of hydrogen-bond donors (Lipinski definition) is 0. The first kappa shape index (κ1) is 14.2. The van der Waals surface area contributed by atoms with Crippen molar-refractivity contribution in [2.75, 3.05) is 13.2 Å². The Labute approximate surface area is 106 Å². The van der Waals surface area contributed by atoms with Gasteiger partial charge in [-0.15, -0.1) is 0 Å². The van der Waals surface area contributed by atoms with Crippen molar-refractivity contribution in [1.82, 2.24) is 4.90 Å². The van der Waals surface area contributed by atoms with Crippen molar-refractivity contribution in [1.29, 1.82) is 0 Å². The van der Waals surface area contributed by atoms with Crippen molar-refractivity contribution in [3.63, 3.8) is 0 Å². The molecule has 0 aliphatic carbocycles. The van der Waals surface area contributed by atoms with Gasteiger partial charge in [-0.2, -0.15) is 0 Å². The van der Waals surface area contributed by atoms with Gasteiger partial charge in [-0.25, -0.2) is 0 Å². The van der Waals surface area contributed by atoms with Gasteiger partial charge >= 0.3 is 0 Å². The van der Waals surface area contributed by atoms with E-state index in [9.17, 15) is 0 Å². The van der Waals surface area contributed by atoms with Crippen LogP contribution in [0.2, 0.25) is 0 Å². The smallest absolute Gasteiger partial charge is 0.0597 e. The Morgan fingerprint density at radius 2 is 1.71 bits per heavy atom. The maximum absolute atomic E-state index is 5.62. The molecule has 0 spiro atoms. The fraction of sp³-hybridized carbons (Fsp3) is 0.600. The van der Waals surface area contributed by atoms with E-state index >= 15 is 0 Å². The lowest BCUT2D eigenvalue weighted by Crippen LogP contribution is -2.33. The molecule has 0 radical (unpaired) electrons. The van der Waals surface area contributed by atoms with E-state index in [0.717, 1.165) is 19.7 Å². The molecule has 2 nitrogen and oxygen atoms in total. The minimum Gasteiger partial charge on any atom is -0.377 e. The average Bonchev–Trinajstić information content (AvgIpc) is 2.28. The molecule has 0 unspecified atom stereocenters. The van der Waals surface area contributed by atoms with Gasteiger partial charge in [0, 0.05) is 19.1 Å². The molecule has 0 fully saturated rings. The Balaban J connectivity index is 2.44. The summed E-state index contributed by atoms with van der Waals surface area (Å²) in [5.74, 6) is 0. The molecule has 0 aromatic heterocycles. The molecule has 0 N–H and O–H groups in total. The highest BCUT2D eigenvalue weighted by atomic mass is 16.5. The van der Waals surface area contributed by atoms with Crippen LogP contribution in [0.25, 0.3) is 0 Å². The molecule has 0 saturated heterocycles. The van der Waals surface area contributed by atoms with E-state index in [2.05, 4.69) is 62.9 Å². The first-order valence-electron chi connectivity index (χ1n) is 6.49. The van der Waals surface area contributed by atoms with Gasteiger partial charge in [0.05, 0.1) is 12.7 Å². The predicted octanol–water partition coefficient (Wildman–Crippen LogP) is 3.32. The third-order valence-corrected chi connectivity index (χ3v) is 2.79. The second kappa shape index (κ2) is 7.46. The van der Waals surface area contributed by atoms with E-state index < -0.39 is 0 Å². The van der Waals surface area contributed by atoms with Crippen molar-refractivity contribution < 1.29 is 4.74 Å². The minimum absolute atomic E-state index is 0.320. The van der Waals surface area contributed by atoms with E-state index in [1.54, 1.807) is 0 Å². The molecule has 0 atom stereocenters. The number of ether oxygens (including phenoxy) is 1. The molecule has 1 rings (SSSR count). The summed E-state index contributed by atoms with van der Waals surface area (Å²) >= 11 is 0. The maximum atomic E-state index is 5.62. The Hall–Kier alpha value is -0.860. The fourth-order valence-corrected chi connectivity index (χ4v) is 1.74. The lowest BCUT2D eigenvalue weighted by molar-refractivity contribution is 0.0502. The van der Waals surface area contributed by atoms with Crippen LogP contribution in [0.3, 0.4) is 0 Å². The van der Waals surface area contributed by atoms with Gasteiger partial charge in [-0.1, -0.05) is 30.3 Å². The molecule has 0 amide bonds.